The molecule has 1 aromatic rings. The van der Waals surface area contributed by atoms with Gasteiger partial charge in [0.25, 0.3) is 11.8 Å². The molecule has 0 bridgehead atoms. The fourth-order valence-electron chi connectivity index (χ4n) is 5.12. The molecule has 1 atom stereocenters. The minimum Gasteiger partial charge on any atom is -0.300 e. The average Bonchev–Trinajstić information content (AvgIpc) is 3.21. The van der Waals surface area contributed by atoms with Crippen LogP contribution in [0.25, 0.3) is 0 Å². The number of piperidine rings is 1. The van der Waals surface area contributed by atoms with E-state index in [-0.39, 0.29) is 18.7 Å². The van der Waals surface area contributed by atoms with Crippen LogP contribution in [0.15, 0.2) is 12.1 Å². The van der Waals surface area contributed by atoms with Crippen LogP contribution in [-0.2, 0) is 27.5 Å². The molecular weight excluding hydrogens is 386 g/mol. The Labute approximate surface area is 173 Å². The number of hydrogen-bond acceptors (Lipinski definition) is 6. The van der Waals surface area contributed by atoms with Gasteiger partial charge in [-0.05, 0) is 48.4 Å². The maximum absolute atomic E-state index is 13.0. The highest BCUT2D eigenvalue weighted by atomic mass is 16.2. The Morgan fingerprint density at radius 2 is 1.43 bits per heavy atom. The largest absolute Gasteiger partial charge is 0.300 e. The van der Waals surface area contributed by atoms with Gasteiger partial charge in [-0.1, -0.05) is 0 Å². The van der Waals surface area contributed by atoms with Crippen molar-refractivity contribution in [3.05, 3.63) is 34.4 Å². The lowest BCUT2D eigenvalue weighted by Crippen LogP contribution is -2.54. The molecule has 3 heterocycles. The van der Waals surface area contributed by atoms with Gasteiger partial charge >= 0.3 is 0 Å². The van der Waals surface area contributed by atoms with E-state index in [4.69, 9.17) is 0 Å². The van der Waals surface area contributed by atoms with Crippen LogP contribution >= 0.6 is 0 Å². The normalized spacial score (nSPS) is 25.0. The van der Waals surface area contributed by atoms with Crippen molar-refractivity contribution in [2.24, 2.45) is 5.92 Å². The Morgan fingerprint density at radius 3 is 2.00 bits per heavy atom. The van der Waals surface area contributed by atoms with Crippen molar-refractivity contribution < 1.29 is 24.0 Å². The minimum atomic E-state index is -0.935. The zero-order valence-electron chi connectivity index (χ0n) is 16.6. The summed E-state index contributed by atoms with van der Waals surface area (Å²) in [6.45, 7) is 2.34. The van der Waals surface area contributed by atoms with Crippen LogP contribution in [-0.4, -0.2) is 51.8 Å². The third-order valence-corrected chi connectivity index (χ3v) is 6.73. The molecule has 0 radical (unpaired) electrons. The van der Waals surface area contributed by atoms with E-state index < -0.39 is 23.8 Å². The van der Waals surface area contributed by atoms with Crippen LogP contribution in [0, 0.1) is 5.92 Å². The van der Waals surface area contributed by atoms with Gasteiger partial charge in [-0.15, -0.1) is 0 Å². The second-order valence-corrected chi connectivity index (χ2v) is 8.77. The number of hydrogen-bond donors (Lipinski definition) is 1. The summed E-state index contributed by atoms with van der Waals surface area (Å²) in [4.78, 5) is 64.3. The number of nitrogens with zero attached hydrogens (tertiary/aromatic N) is 2. The van der Waals surface area contributed by atoms with Gasteiger partial charge in [0.15, 0.2) is 0 Å². The second-order valence-electron chi connectivity index (χ2n) is 8.77. The number of rotatable bonds is 3. The van der Waals surface area contributed by atoms with Crippen molar-refractivity contribution in [1.82, 2.24) is 15.1 Å². The van der Waals surface area contributed by atoms with Crippen molar-refractivity contribution in [2.75, 3.05) is 6.54 Å². The standard InChI is InChI=1S/C22H23N3O5/c26-15-3-1-12(2-4-15)9-24-10-13-7-16-17(8-14(13)11-24)22(30)25(21(16)29)18-5-6-19(27)23-20(18)28/h7-8,12,18H,1-6,9-11H2,(H,23,27,28). The molecule has 8 heteroatoms. The molecule has 0 aromatic heterocycles. The zero-order chi connectivity index (χ0) is 21.0. The molecule has 1 saturated carbocycles. The number of benzene rings is 1. The number of nitrogens with one attached hydrogen (secondary N) is 1. The van der Waals surface area contributed by atoms with E-state index in [1.54, 1.807) is 12.1 Å². The summed E-state index contributed by atoms with van der Waals surface area (Å²) in [5.74, 6) is -1.03. The van der Waals surface area contributed by atoms with Crippen molar-refractivity contribution >= 4 is 29.4 Å². The molecule has 30 heavy (non-hydrogen) atoms. The van der Waals surface area contributed by atoms with E-state index in [0.29, 0.717) is 48.8 Å². The fraction of sp³-hybridized carbons (Fsp3) is 0.500. The van der Waals surface area contributed by atoms with Gasteiger partial charge in [0.2, 0.25) is 11.8 Å². The van der Waals surface area contributed by atoms with E-state index in [9.17, 15) is 24.0 Å². The molecule has 1 unspecified atom stereocenters. The Kier molecular flexibility index (Phi) is 4.54. The summed E-state index contributed by atoms with van der Waals surface area (Å²) in [6, 6.07) is 2.65. The monoisotopic (exact) mass is 409 g/mol. The first-order valence-electron chi connectivity index (χ1n) is 10.5. The lowest BCUT2D eigenvalue weighted by molar-refractivity contribution is -0.136. The molecule has 156 valence electrons. The van der Waals surface area contributed by atoms with Crippen molar-refractivity contribution in [2.45, 2.75) is 57.7 Å². The van der Waals surface area contributed by atoms with Gasteiger partial charge in [-0.2, -0.15) is 0 Å². The molecule has 1 aliphatic carbocycles. The quantitative estimate of drug-likeness (QED) is 0.752. The van der Waals surface area contributed by atoms with Crippen LogP contribution < -0.4 is 5.32 Å². The van der Waals surface area contributed by atoms with E-state index >= 15 is 0 Å². The summed E-state index contributed by atoms with van der Waals surface area (Å²) in [5.41, 5.74) is 2.75. The molecule has 3 aliphatic heterocycles. The number of ketones is 1. The SMILES string of the molecule is O=C1CCC(CN2Cc3cc4c(cc3C2)C(=O)N(C2CCC(=O)NC2=O)C4=O)CC1. The molecule has 4 amide bonds. The number of amides is 4. The Bertz CT molecular complexity index is 946. The van der Waals surface area contributed by atoms with Crippen LogP contribution in [0.2, 0.25) is 0 Å². The molecular formula is C22H23N3O5. The van der Waals surface area contributed by atoms with Gasteiger partial charge in [-0.3, -0.25) is 39.1 Å². The summed E-state index contributed by atoms with van der Waals surface area (Å²) < 4.78 is 0. The Morgan fingerprint density at radius 1 is 0.833 bits per heavy atom. The molecule has 1 saturated heterocycles. The predicted molar refractivity (Wildman–Crippen MR) is 104 cm³/mol. The summed E-state index contributed by atoms with van der Waals surface area (Å²) >= 11 is 0. The summed E-state index contributed by atoms with van der Waals surface area (Å²) in [5, 5.41) is 2.21. The molecule has 1 aromatic carbocycles. The number of Topliss-reactive ketones (excluding diaryl/α,β-unsaturated/α-hetero) is 1. The van der Waals surface area contributed by atoms with Gasteiger partial charge in [0.1, 0.15) is 11.8 Å². The third kappa shape index (κ3) is 3.15. The molecule has 8 nitrogen and oxygen atoms in total. The first-order valence-corrected chi connectivity index (χ1v) is 10.5. The van der Waals surface area contributed by atoms with Crippen molar-refractivity contribution in [3.63, 3.8) is 0 Å². The molecule has 1 N–H and O–H groups in total. The topological polar surface area (TPSA) is 104 Å². The van der Waals surface area contributed by atoms with E-state index in [2.05, 4.69) is 10.2 Å². The molecule has 2 fully saturated rings. The highest BCUT2D eigenvalue weighted by Gasteiger charge is 2.45. The molecule has 4 aliphatic rings. The smallest absolute Gasteiger partial charge is 0.262 e. The fourth-order valence-corrected chi connectivity index (χ4v) is 5.12. The highest BCUT2D eigenvalue weighted by Crippen LogP contribution is 2.34. The Balaban J connectivity index is 1.32. The predicted octanol–water partition coefficient (Wildman–Crippen LogP) is 1.16. The zero-order valence-corrected chi connectivity index (χ0v) is 16.6. The lowest BCUT2D eigenvalue weighted by Gasteiger charge is -2.27. The summed E-state index contributed by atoms with van der Waals surface area (Å²) in [6.07, 6.45) is 3.47. The van der Waals surface area contributed by atoms with Crippen LogP contribution in [0.5, 0.6) is 0 Å². The highest BCUT2D eigenvalue weighted by molar-refractivity contribution is 6.23. The third-order valence-electron chi connectivity index (χ3n) is 6.73. The van der Waals surface area contributed by atoms with E-state index in [0.717, 1.165) is 35.4 Å². The van der Waals surface area contributed by atoms with Gasteiger partial charge < -0.3 is 0 Å². The van der Waals surface area contributed by atoms with Crippen LogP contribution in [0.1, 0.15) is 70.4 Å². The molecule has 0 spiro atoms. The van der Waals surface area contributed by atoms with E-state index in [1.165, 1.54) is 0 Å². The summed E-state index contributed by atoms with van der Waals surface area (Å²) in [7, 11) is 0. The lowest BCUT2D eigenvalue weighted by atomic mass is 9.88. The first-order chi connectivity index (χ1) is 14.4. The second kappa shape index (κ2) is 7.12. The number of carbonyl (C=O) groups is 5. The van der Waals surface area contributed by atoms with Crippen LogP contribution in [0.3, 0.4) is 0 Å². The van der Waals surface area contributed by atoms with Gasteiger partial charge in [0, 0.05) is 38.9 Å². The maximum atomic E-state index is 13.0. The Hall–Kier alpha value is -2.87. The number of carbonyl (C=O) groups excluding carboxylic acids is 5. The number of fused-ring (bicyclic) bond motifs is 2. The average molecular weight is 409 g/mol. The maximum Gasteiger partial charge on any atom is 0.262 e. The van der Waals surface area contributed by atoms with Crippen molar-refractivity contribution in [3.8, 4) is 0 Å². The van der Waals surface area contributed by atoms with E-state index in [1.807, 2.05) is 0 Å². The van der Waals surface area contributed by atoms with Crippen molar-refractivity contribution in [1.29, 1.82) is 0 Å². The first kappa shape index (κ1) is 19.1. The van der Waals surface area contributed by atoms with Gasteiger partial charge in [0.05, 0.1) is 11.1 Å². The number of imide groups is 2. The molecule has 5 rings (SSSR count). The van der Waals surface area contributed by atoms with Crippen LogP contribution in [0.4, 0.5) is 0 Å². The van der Waals surface area contributed by atoms with Gasteiger partial charge in [-0.25, -0.2) is 0 Å². The minimum absolute atomic E-state index is 0.113.